The number of allylic oxidation sites excluding steroid dienone is 1. The highest BCUT2D eigenvalue weighted by atomic mass is 32.2. The lowest BCUT2D eigenvalue weighted by molar-refractivity contribution is -0.151. The summed E-state index contributed by atoms with van der Waals surface area (Å²) in [6.07, 6.45) is 9.71. The number of esters is 1. The first-order valence-electron chi connectivity index (χ1n) is 16.7. The Kier molecular flexibility index (Phi) is 13.8. The predicted octanol–water partition coefficient (Wildman–Crippen LogP) is 1.85. The third-order valence-electron chi connectivity index (χ3n) is 9.63. The first-order chi connectivity index (χ1) is 23.5. The number of hydrogen-bond acceptors (Lipinski definition) is 11. The summed E-state index contributed by atoms with van der Waals surface area (Å²) in [7, 11) is 1.64. The van der Waals surface area contributed by atoms with Crippen molar-refractivity contribution in [2.45, 2.75) is 94.7 Å². The molecule has 1 aliphatic heterocycles. The smallest absolute Gasteiger partial charge is 0.353 e. The fraction of sp³-hybridized carbons (Fsp3) is 0.588. The van der Waals surface area contributed by atoms with Crippen molar-refractivity contribution in [2.24, 2.45) is 11.3 Å². The monoisotopic (exact) mass is 701 g/mol. The number of pyridine rings is 1. The molecule has 0 bridgehead atoms. The van der Waals surface area contributed by atoms with Crippen molar-refractivity contribution in [1.29, 1.82) is 0 Å². The van der Waals surface area contributed by atoms with Crippen LogP contribution in [0.15, 0.2) is 47.5 Å². The number of nitrogens with one attached hydrogen (secondary N) is 4. The van der Waals surface area contributed by atoms with E-state index < -0.39 is 48.0 Å². The Bertz CT molecular complexity index is 1430. The van der Waals surface area contributed by atoms with Crippen LogP contribution in [0.5, 0.6) is 0 Å². The maximum Gasteiger partial charge on any atom is 0.353 e. The van der Waals surface area contributed by atoms with Crippen LogP contribution in [0.25, 0.3) is 0 Å². The molecule has 0 spiro atoms. The lowest BCUT2D eigenvalue weighted by Crippen LogP contribution is -2.53. The van der Waals surface area contributed by atoms with Gasteiger partial charge in [0.2, 0.25) is 18.0 Å². The standard InChI is InChI=1S/C34H47N5O9S/c1-3-34(12-4-5-13-34)28(27-22-7-6-21(17-23(22)33(47)48-27)16-20-10-14-36-15-11-20)49-18-25(29(41)39-30(42)32(45)46)38-26(40)9-8-24(31(43)44)37-19-35-2/h10-11,14-15,17,23-25,28,30,35,37,42H,3-9,12-13,16,18-19H2,1-2H3,(H,38,40)(H,39,41)(H,43,44)(H,45,46)/t23-,24+,25+,28+,30+/m1/s1. The van der Waals surface area contributed by atoms with Gasteiger partial charge in [-0.25, -0.2) is 4.79 Å². The number of ether oxygens (including phenoxy) is 1. The first kappa shape index (κ1) is 38.0. The number of carboxylic acids is 2. The van der Waals surface area contributed by atoms with Gasteiger partial charge in [-0.1, -0.05) is 31.4 Å². The number of aromatic nitrogens is 1. The molecule has 7 N–H and O–H groups in total. The normalized spacial score (nSPS) is 20.8. The van der Waals surface area contributed by atoms with Gasteiger partial charge in [-0.2, -0.15) is 0 Å². The van der Waals surface area contributed by atoms with Crippen LogP contribution in [0.4, 0.5) is 0 Å². The fourth-order valence-corrected chi connectivity index (χ4v) is 8.62. The van der Waals surface area contributed by atoms with E-state index in [0.717, 1.165) is 55.2 Å². The largest absolute Gasteiger partial charge is 0.480 e. The summed E-state index contributed by atoms with van der Waals surface area (Å²) in [6, 6.07) is 1.62. The highest BCUT2D eigenvalue weighted by Crippen LogP contribution is 2.54. The van der Waals surface area contributed by atoms with Gasteiger partial charge < -0.3 is 36.0 Å². The van der Waals surface area contributed by atoms with Crippen molar-refractivity contribution in [3.63, 3.8) is 0 Å². The predicted molar refractivity (Wildman–Crippen MR) is 181 cm³/mol. The summed E-state index contributed by atoms with van der Waals surface area (Å²) in [4.78, 5) is 66.7. The van der Waals surface area contributed by atoms with Crippen molar-refractivity contribution < 1.29 is 44.0 Å². The molecule has 0 saturated heterocycles. The Hall–Kier alpha value is -3.79. The van der Waals surface area contributed by atoms with Crippen molar-refractivity contribution in [3.05, 3.63) is 53.1 Å². The molecule has 3 aliphatic rings. The van der Waals surface area contributed by atoms with Crippen molar-refractivity contribution in [1.82, 2.24) is 26.3 Å². The third kappa shape index (κ3) is 9.90. The second-order valence-corrected chi connectivity index (χ2v) is 14.0. The summed E-state index contributed by atoms with van der Waals surface area (Å²) in [5, 5.41) is 38.4. The van der Waals surface area contributed by atoms with E-state index in [2.05, 4.69) is 27.9 Å². The lowest BCUT2D eigenvalue weighted by Gasteiger charge is -2.38. The number of aliphatic carboxylic acids is 2. The highest BCUT2D eigenvalue weighted by molar-refractivity contribution is 8.00. The average molecular weight is 702 g/mol. The van der Waals surface area contributed by atoms with Crippen molar-refractivity contribution in [2.75, 3.05) is 19.5 Å². The van der Waals surface area contributed by atoms with E-state index in [-0.39, 0.29) is 41.9 Å². The molecule has 1 aromatic heterocycles. The van der Waals surface area contributed by atoms with Crippen LogP contribution in [0.1, 0.15) is 70.3 Å². The molecule has 268 valence electrons. The van der Waals surface area contributed by atoms with Gasteiger partial charge in [0.25, 0.3) is 0 Å². The Balaban J connectivity index is 1.57. The Morgan fingerprint density at radius 2 is 1.78 bits per heavy atom. The van der Waals surface area contributed by atoms with Gasteiger partial charge >= 0.3 is 17.9 Å². The van der Waals surface area contributed by atoms with E-state index in [4.69, 9.17) is 4.74 Å². The molecule has 1 aromatic rings. The molecule has 1 saturated carbocycles. The molecular formula is C34H47N5O9S. The number of aliphatic hydroxyl groups is 1. The van der Waals surface area contributed by atoms with Gasteiger partial charge in [-0.3, -0.25) is 29.5 Å². The van der Waals surface area contributed by atoms with Crippen molar-refractivity contribution >= 4 is 41.5 Å². The lowest BCUT2D eigenvalue weighted by atomic mass is 9.76. The first-order valence-corrected chi connectivity index (χ1v) is 17.8. The van der Waals surface area contributed by atoms with E-state index in [9.17, 15) is 39.3 Å². The molecule has 0 unspecified atom stereocenters. The number of amides is 2. The van der Waals surface area contributed by atoms with Crippen molar-refractivity contribution in [3.8, 4) is 0 Å². The van der Waals surface area contributed by atoms with E-state index >= 15 is 0 Å². The fourth-order valence-electron chi connectivity index (χ4n) is 6.89. The Morgan fingerprint density at radius 3 is 2.41 bits per heavy atom. The summed E-state index contributed by atoms with van der Waals surface area (Å²) < 4.78 is 6.09. The van der Waals surface area contributed by atoms with E-state index in [0.29, 0.717) is 18.6 Å². The molecule has 4 rings (SSSR count). The quantitative estimate of drug-likeness (QED) is 0.0624. The maximum absolute atomic E-state index is 13.4. The minimum absolute atomic E-state index is 0.0151. The topological polar surface area (TPSA) is 216 Å². The van der Waals surface area contributed by atoms with Crippen LogP contribution in [0.2, 0.25) is 0 Å². The van der Waals surface area contributed by atoms with Crippen LogP contribution in [-0.4, -0.2) is 93.1 Å². The molecule has 0 aromatic carbocycles. The number of rotatable bonds is 19. The number of cyclic esters (lactones) is 1. The molecule has 5 atom stereocenters. The van der Waals surface area contributed by atoms with Gasteiger partial charge in [0.1, 0.15) is 23.8 Å². The van der Waals surface area contributed by atoms with E-state index in [1.54, 1.807) is 19.4 Å². The minimum atomic E-state index is -2.19. The molecule has 2 aliphatic carbocycles. The number of carbonyl (C=O) groups is 5. The second kappa shape index (κ2) is 17.7. The number of nitrogens with zero attached hydrogens (tertiary/aromatic N) is 1. The van der Waals surface area contributed by atoms with Crippen LogP contribution in [-0.2, 0) is 35.1 Å². The van der Waals surface area contributed by atoms with E-state index in [1.165, 1.54) is 11.8 Å². The van der Waals surface area contributed by atoms with Crippen LogP contribution in [0, 0.1) is 11.3 Å². The zero-order valence-electron chi connectivity index (χ0n) is 27.9. The number of thioether (sulfide) groups is 1. The molecular weight excluding hydrogens is 654 g/mol. The maximum atomic E-state index is 13.4. The molecule has 2 heterocycles. The number of hydrogen-bond donors (Lipinski definition) is 7. The summed E-state index contributed by atoms with van der Waals surface area (Å²) >= 11 is 1.37. The van der Waals surface area contributed by atoms with Gasteiger partial charge in [0.15, 0.2) is 0 Å². The summed E-state index contributed by atoms with van der Waals surface area (Å²) in [5.74, 6) is -4.56. The SMILES string of the molecule is CCC1([C@@H](SC[C@H](NC(=O)CC[C@H](NCNC)C(=O)O)C(=O)N[C@@H](O)C(=O)O)C2=C3CCC(Cc4ccncc4)=C[C@H]3C(=O)O2)CCCC1. The highest BCUT2D eigenvalue weighted by Gasteiger charge is 2.49. The van der Waals surface area contributed by atoms with Gasteiger partial charge in [-0.15, -0.1) is 11.8 Å². The summed E-state index contributed by atoms with van der Waals surface area (Å²) in [5.41, 5.74) is 2.95. The van der Waals surface area contributed by atoms with Gasteiger partial charge in [0.05, 0.1) is 5.25 Å². The second-order valence-electron chi connectivity index (χ2n) is 12.8. The summed E-state index contributed by atoms with van der Waals surface area (Å²) in [6.45, 7) is 2.31. The zero-order chi connectivity index (χ0) is 35.6. The van der Waals surface area contributed by atoms with Crippen LogP contribution >= 0.6 is 11.8 Å². The molecule has 14 nitrogen and oxygen atoms in total. The minimum Gasteiger partial charge on any atom is -0.480 e. The van der Waals surface area contributed by atoms with Crippen LogP contribution < -0.4 is 21.3 Å². The zero-order valence-corrected chi connectivity index (χ0v) is 28.7. The van der Waals surface area contributed by atoms with Gasteiger partial charge in [0, 0.05) is 31.2 Å². The third-order valence-corrected chi connectivity index (χ3v) is 11.2. The van der Waals surface area contributed by atoms with E-state index in [1.807, 2.05) is 23.5 Å². The molecule has 0 radical (unpaired) electrons. The molecule has 2 amide bonds. The Labute approximate surface area is 289 Å². The number of carboxylic acid groups (broad SMARTS) is 2. The number of aliphatic hydroxyl groups excluding tert-OH is 1. The molecule has 15 heteroatoms. The van der Waals surface area contributed by atoms with Gasteiger partial charge in [-0.05, 0) is 80.7 Å². The molecule has 49 heavy (non-hydrogen) atoms. The number of fused-ring (bicyclic) bond motifs is 1. The van der Waals surface area contributed by atoms with Crippen LogP contribution in [0.3, 0.4) is 0 Å². The Morgan fingerprint density at radius 1 is 1.06 bits per heavy atom. The molecule has 1 fully saturated rings. The number of carbonyl (C=O) groups excluding carboxylic acids is 3. The average Bonchev–Trinajstić information content (AvgIpc) is 3.69.